The van der Waals surface area contributed by atoms with E-state index >= 15 is 0 Å². The first-order chi connectivity index (χ1) is 9.57. The van der Waals surface area contributed by atoms with E-state index in [1.54, 1.807) is 7.11 Å². The van der Waals surface area contributed by atoms with E-state index < -0.39 is 20.6 Å². The maximum atomic E-state index is 11.5. The number of hydrogen-bond acceptors (Lipinski definition) is 5. The second kappa shape index (κ2) is 6.64. The third-order valence-corrected chi connectivity index (χ3v) is 4.31. The van der Waals surface area contributed by atoms with Crippen molar-refractivity contribution >= 4 is 25.7 Å². The number of benzene rings is 1. The largest absolute Gasteiger partial charge is 0.492 e. The van der Waals surface area contributed by atoms with Crippen LogP contribution < -0.4 is 4.74 Å². The fourth-order valence-electron chi connectivity index (χ4n) is 1.46. The minimum atomic E-state index is -4.11. The summed E-state index contributed by atoms with van der Waals surface area (Å²) in [7, 11) is 2.77. The van der Waals surface area contributed by atoms with Crippen LogP contribution in [0.4, 0.5) is 0 Å². The van der Waals surface area contributed by atoms with Crippen LogP contribution in [0.5, 0.6) is 5.75 Å². The highest BCUT2D eigenvalue weighted by atomic mass is 35.7. The first-order valence-corrected chi connectivity index (χ1v) is 8.38. The molecular weight excluding hydrogens is 320 g/mol. The van der Waals surface area contributed by atoms with Gasteiger partial charge in [0.1, 0.15) is 10.6 Å². The van der Waals surface area contributed by atoms with E-state index in [0.717, 1.165) is 6.07 Å². The third kappa shape index (κ3) is 5.18. The van der Waals surface area contributed by atoms with Gasteiger partial charge in [0.25, 0.3) is 9.05 Å². The zero-order valence-corrected chi connectivity index (χ0v) is 13.5. The zero-order valence-electron chi connectivity index (χ0n) is 11.9. The second-order valence-electron chi connectivity index (χ2n) is 4.97. The summed E-state index contributed by atoms with van der Waals surface area (Å²) in [6.45, 7) is 3.93. The van der Waals surface area contributed by atoms with E-state index in [1.165, 1.54) is 12.1 Å². The van der Waals surface area contributed by atoms with Crippen LogP contribution >= 0.6 is 10.7 Å². The fourth-order valence-corrected chi connectivity index (χ4v) is 2.46. The lowest BCUT2D eigenvalue weighted by Crippen LogP contribution is -2.25. The van der Waals surface area contributed by atoms with Gasteiger partial charge in [0.05, 0.1) is 17.8 Å². The van der Waals surface area contributed by atoms with E-state index in [-0.39, 0.29) is 22.8 Å². The molecule has 21 heavy (non-hydrogen) atoms. The number of rotatable bonds is 7. The molecule has 0 aliphatic heterocycles. The monoisotopic (exact) mass is 336 g/mol. The molecule has 1 N–H and O–H groups in total. The van der Waals surface area contributed by atoms with Gasteiger partial charge in [-0.3, -0.25) is 0 Å². The minimum absolute atomic E-state index is 0.0157. The number of ether oxygens (including phenoxy) is 2. The molecule has 1 aromatic carbocycles. The Balaban J connectivity index is 3.00. The topological polar surface area (TPSA) is 89.9 Å². The number of aromatic carboxylic acids is 1. The Kier molecular flexibility index (Phi) is 5.61. The van der Waals surface area contributed by atoms with Crippen LogP contribution in [0.1, 0.15) is 30.6 Å². The number of carbonyl (C=O) groups is 1. The molecule has 118 valence electrons. The van der Waals surface area contributed by atoms with Gasteiger partial charge in [0, 0.05) is 24.2 Å². The average Bonchev–Trinajstić information content (AvgIpc) is 2.37. The Morgan fingerprint density at radius 1 is 1.38 bits per heavy atom. The summed E-state index contributed by atoms with van der Waals surface area (Å²) in [5.41, 5.74) is -0.597. The molecule has 0 aliphatic carbocycles. The van der Waals surface area contributed by atoms with E-state index in [9.17, 15) is 13.2 Å². The number of methoxy groups -OCH3 is 1. The van der Waals surface area contributed by atoms with Crippen molar-refractivity contribution < 1.29 is 27.8 Å². The number of carboxylic acid groups (broad SMARTS) is 1. The Labute approximate surface area is 128 Å². The molecule has 0 bridgehead atoms. The van der Waals surface area contributed by atoms with Crippen LogP contribution in [-0.4, -0.2) is 38.8 Å². The summed E-state index contributed by atoms with van der Waals surface area (Å²) < 4.78 is 33.6. The molecule has 1 aromatic rings. The van der Waals surface area contributed by atoms with Crippen LogP contribution in [-0.2, 0) is 13.8 Å². The second-order valence-corrected chi connectivity index (χ2v) is 7.50. The highest BCUT2D eigenvalue weighted by molar-refractivity contribution is 8.13. The molecule has 1 rings (SSSR count). The Morgan fingerprint density at radius 3 is 2.48 bits per heavy atom. The van der Waals surface area contributed by atoms with Gasteiger partial charge in [-0.1, -0.05) is 0 Å². The molecule has 0 heterocycles. The van der Waals surface area contributed by atoms with Crippen molar-refractivity contribution in [3.8, 4) is 5.75 Å². The van der Waals surface area contributed by atoms with Gasteiger partial charge in [0.15, 0.2) is 0 Å². The Morgan fingerprint density at radius 2 is 2.00 bits per heavy atom. The molecule has 0 unspecified atom stereocenters. The molecule has 0 aliphatic rings. The quantitative estimate of drug-likeness (QED) is 0.769. The number of hydrogen-bond donors (Lipinski definition) is 1. The summed E-state index contributed by atoms with van der Waals surface area (Å²) in [6, 6.07) is 3.50. The van der Waals surface area contributed by atoms with Crippen molar-refractivity contribution in [3.05, 3.63) is 23.8 Å². The maximum Gasteiger partial charge on any atom is 0.335 e. The van der Waals surface area contributed by atoms with Gasteiger partial charge in [-0.15, -0.1) is 0 Å². The average molecular weight is 337 g/mol. The first kappa shape index (κ1) is 17.7. The Hall–Kier alpha value is -1.31. The van der Waals surface area contributed by atoms with Crippen LogP contribution in [0.25, 0.3) is 0 Å². The summed E-state index contributed by atoms with van der Waals surface area (Å²) in [5, 5.41) is 8.89. The van der Waals surface area contributed by atoms with Crippen LogP contribution in [0.3, 0.4) is 0 Å². The van der Waals surface area contributed by atoms with E-state index in [4.69, 9.17) is 25.3 Å². The molecule has 6 nitrogen and oxygen atoms in total. The molecule has 0 aromatic heterocycles. The van der Waals surface area contributed by atoms with Crippen LogP contribution in [0, 0.1) is 0 Å². The van der Waals surface area contributed by atoms with Crippen molar-refractivity contribution in [1.82, 2.24) is 0 Å². The van der Waals surface area contributed by atoms with Gasteiger partial charge in [-0.05, 0) is 32.0 Å². The molecule has 0 saturated carbocycles. The van der Waals surface area contributed by atoms with Crippen molar-refractivity contribution in [2.45, 2.75) is 30.8 Å². The highest BCUT2D eigenvalue weighted by Crippen LogP contribution is 2.29. The van der Waals surface area contributed by atoms with E-state index in [1.807, 2.05) is 13.8 Å². The molecule has 0 saturated heterocycles. The normalized spacial score (nSPS) is 12.2. The third-order valence-electron chi connectivity index (χ3n) is 2.97. The van der Waals surface area contributed by atoms with Gasteiger partial charge in [-0.25, -0.2) is 13.2 Å². The molecule has 0 radical (unpaired) electrons. The fraction of sp³-hybridized carbons (Fsp3) is 0.462. The van der Waals surface area contributed by atoms with Crippen molar-refractivity contribution in [2.24, 2.45) is 0 Å². The number of carboxylic acids is 1. The van der Waals surface area contributed by atoms with Gasteiger partial charge in [0.2, 0.25) is 0 Å². The smallest absolute Gasteiger partial charge is 0.335 e. The van der Waals surface area contributed by atoms with Crippen molar-refractivity contribution in [2.75, 3.05) is 13.7 Å². The lowest BCUT2D eigenvalue weighted by molar-refractivity contribution is 0.00523. The zero-order chi connectivity index (χ0) is 16.3. The summed E-state index contributed by atoms with van der Waals surface area (Å²) in [4.78, 5) is 10.5. The van der Waals surface area contributed by atoms with Gasteiger partial charge in [-0.2, -0.15) is 0 Å². The van der Waals surface area contributed by atoms with Crippen LogP contribution in [0.15, 0.2) is 23.1 Å². The molecule has 0 amide bonds. The first-order valence-electron chi connectivity index (χ1n) is 6.07. The van der Waals surface area contributed by atoms with Gasteiger partial charge >= 0.3 is 5.97 Å². The van der Waals surface area contributed by atoms with Crippen LogP contribution in [0.2, 0.25) is 0 Å². The Bertz CT molecular complexity index is 624. The molecule has 0 spiro atoms. The summed E-state index contributed by atoms with van der Waals surface area (Å²) in [6.07, 6.45) is 0.520. The predicted octanol–water partition coefficient (Wildman–Crippen LogP) is 2.51. The standard InChI is InChI=1S/C13H17ClO6S/c1-13(2,19-3)6-7-20-10-5-4-9(12(15)16)8-11(10)21(14,17)18/h4-5,8H,6-7H2,1-3H3,(H,15,16). The van der Waals surface area contributed by atoms with Gasteiger partial charge < -0.3 is 14.6 Å². The van der Waals surface area contributed by atoms with Crippen molar-refractivity contribution in [3.63, 3.8) is 0 Å². The predicted molar refractivity (Wildman–Crippen MR) is 77.6 cm³/mol. The summed E-state index contributed by atoms with van der Waals surface area (Å²) in [5.74, 6) is -1.23. The van der Waals surface area contributed by atoms with Crippen molar-refractivity contribution in [1.29, 1.82) is 0 Å². The molecule has 0 atom stereocenters. The minimum Gasteiger partial charge on any atom is -0.492 e. The molecule has 0 fully saturated rings. The molecular formula is C13H17ClO6S. The molecule has 8 heteroatoms. The highest BCUT2D eigenvalue weighted by Gasteiger charge is 2.21. The lowest BCUT2D eigenvalue weighted by Gasteiger charge is -2.22. The summed E-state index contributed by atoms with van der Waals surface area (Å²) >= 11 is 0. The van der Waals surface area contributed by atoms with E-state index in [2.05, 4.69) is 0 Å². The number of halogens is 1. The lowest BCUT2D eigenvalue weighted by atomic mass is 10.1. The van der Waals surface area contributed by atoms with E-state index in [0.29, 0.717) is 6.42 Å². The maximum absolute atomic E-state index is 11.5. The SMILES string of the molecule is COC(C)(C)CCOc1ccc(C(=O)O)cc1S(=O)(=O)Cl.